The first kappa shape index (κ1) is 25.0. The molecule has 1 aliphatic heterocycles. The Morgan fingerprint density at radius 3 is 2.73 bits per heavy atom. The summed E-state index contributed by atoms with van der Waals surface area (Å²) in [5.74, 6) is -0.0939. The van der Waals surface area contributed by atoms with Crippen molar-refractivity contribution in [1.29, 1.82) is 0 Å². The van der Waals surface area contributed by atoms with Gasteiger partial charge >= 0.3 is 6.18 Å². The van der Waals surface area contributed by atoms with E-state index < -0.39 is 22.8 Å². The van der Waals surface area contributed by atoms with Gasteiger partial charge < -0.3 is 19.0 Å². The van der Waals surface area contributed by atoms with E-state index in [4.69, 9.17) is 20.8 Å². The molecule has 3 aromatic heterocycles. The molecule has 196 valence electrons. The summed E-state index contributed by atoms with van der Waals surface area (Å²) in [7, 11) is 0. The van der Waals surface area contributed by atoms with E-state index in [9.17, 15) is 22.8 Å². The number of hydrogen-bond donors (Lipinski definition) is 1. The molecule has 11 nitrogen and oxygen atoms in total. The average molecular weight is 540 g/mol. The second-order valence-electron chi connectivity index (χ2n) is 8.37. The lowest BCUT2D eigenvalue weighted by Crippen LogP contribution is -2.49. The van der Waals surface area contributed by atoms with Crippen LogP contribution in [-0.4, -0.2) is 75.2 Å². The highest BCUT2D eigenvalue weighted by molar-refractivity contribution is 6.31. The van der Waals surface area contributed by atoms with Gasteiger partial charge in [0.2, 0.25) is 5.91 Å². The number of carbonyl (C=O) groups is 1. The third-order valence-electron chi connectivity index (χ3n) is 5.99. The van der Waals surface area contributed by atoms with Crippen LogP contribution in [0.3, 0.4) is 0 Å². The molecule has 0 aliphatic carbocycles. The molecule has 1 N–H and O–H groups in total. The zero-order valence-electron chi connectivity index (χ0n) is 19.3. The molecule has 4 aromatic rings. The van der Waals surface area contributed by atoms with Crippen molar-refractivity contribution in [3.05, 3.63) is 45.5 Å². The molecule has 4 heterocycles. The first-order chi connectivity index (χ1) is 17.7. The van der Waals surface area contributed by atoms with Crippen LogP contribution < -0.4 is 10.5 Å². The molecular weight excluding hydrogens is 519 g/mol. The van der Waals surface area contributed by atoms with Gasteiger partial charge in [-0.15, -0.1) is 0 Å². The number of piperazine rings is 1. The van der Waals surface area contributed by atoms with Crippen molar-refractivity contribution in [2.24, 2.45) is 0 Å². The fourth-order valence-corrected chi connectivity index (χ4v) is 4.31. The largest absolute Gasteiger partial charge is 0.435 e. The maximum absolute atomic E-state index is 13.3. The molecule has 37 heavy (non-hydrogen) atoms. The van der Waals surface area contributed by atoms with Gasteiger partial charge in [-0.1, -0.05) is 11.6 Å². The number of carbonyl (C=O) groups excluding carboxylic acids is 1. The quantitative estimate of drug-likeness (QED) is 0.356. The molecule has 0 saturated carbocycles. The van der Waals surface area contributed by atoms with Gasteiger partial charge in [0.25, 0.3) is 11.6 Å². The molecule has 15 heteroatoms. The van der Waals surface area contributed by atoms with Crippen molar-refractivity contribution >= 4 is 45.5 Å². The predicted molar refractivity (Wildman–Crippen MR) is 126 cm³/mol. The van der Waals surface area contributed by atoms with Gasteiger partial charge in [0.1, 0.15) is 10.9 Å². The van der Waals surface area contributed by atoms with Crippen molar-refractivity contribution in [2.75, 3.05) is 44.3 Å². The highest BCUT2D eigenvalue weighted by Crippen LogP contribution is 2.32. The summed E-state index contributed by atoms with van der Waals surface area (Å²) >= 11 is 5.99. The van der Waals surface area contributed by atoms with Crippen molar-refractivity contribution in [1.82, 2.24) is 29.9 Å². The first-order valence-corrected chi connectivity index (χ1v) is 11.8. The number of alkyl halides is 3. The number of aromatic nitrogens is 5. The maximum atomic E-state index is 13.3. The Hall–Kier alpha value is -3.65. The molecule has 5 rings (SSSR count). The standard InChI is InChI=1S/C22H21ClF3N7O4/c23-13-1-2-14-16(11-13)37-21(28-14)32-6-4-31(5-7-32)17(34)3-9-36-10-8-33-15-12-27-29-20(35)18(15)19(30-33)22(24,25)26/h1-2,11-12H,3-10H2,(H,29,35). The number of benzene rings is 1. The van der Waals surface area contributed by atoms with Gasteiger partial charge in [-0.05, 0) is 12.1 Å². The number of nitrogens with zero attached hydrogens (tertiary/aromatic N) is 6. The molecule has 0 bridgehead atoms. The summed E-state index contributed by atoms with van der Waals surface area (Å²) in [5, 5.41) is 9.06. The number of rotatable bonds is 7. The number of halogens is 4. The molecule has 0 atom stereocenters. The third-order valence-corrected chi connectivity index (χ3v) is 6.23. The van der Waals surface area contributed by atoms with Crippen LogP contribution in [0.15, 0.2) is 33.6 Å². The summed E-state index contributed by atoms with van der Waals surface area (Å²) in [6.07, 6.45) is -3.56. The molecule has 0 spiro atoms. The lowest BCUT2D eigenvalue weighted by atomic mass is 10.2. The smallest absolute Gasteiger partial charge is 0.423 e. The topological polar surface area (TPSA) is 122 Å². The van der Waals surface area contributed by atoms with Crippen LogP contribution >= 0.6 is 11.6 Å². The van der Waals surface area contributed by atoms with Crippen LogP contribution in [0.4, 0.5) is 19.2 Å². The Morgan fingerprint density at radius 2 is 1.97 bits per heavy atom. The number of aromatic amines is 1. The number of ether oxygens (including phenoxy) is 1. The number of amides is 1. The number of nitrogens with one attached hydrogen (secondary N) is 1. The van der Waals surface area contributed by atoms with Crippen molar-refractivity contribution in [3.8, 4) is 0 Å². The molecule has 1 aliphatic rings. The fraction of sp³-hybridized carbons (Fsp3) is 0.409. The number of hydrogen-bond acceptors (Lipinski definition) is 8. The van der Waals surface area contributed by atoms with Gasteiger partial charge in [0.05, 0.1) is 37.9 Å². The number of oxazole rings is 1. The van der Waals surface area contributed by atoms with Crippen LogP contribution in [-0.2, 0) is 22.3 Å². The summed E-state index contributed by atoms with van der Waals surface area (Å²) in [6.45, 7) is 2.13. The Balaban J connectivity index is 1.09. The molecule has 1 fully saturated rings. The highest BCUT2D eigenvalue weighted by atomic mass is 35.5. The van der Waals surface area contributed by atoms with E-state index in [0.717, 1.165) is 10.9 Å². The molecular formula is C22H21ClF3N7O4. The summed E-state index contributed by atoms with van der Waals surface area (Å²) in [5.41, 5.74) is -0.990. The van der Waals surface area contributed by atoms with Crippen molar-refractivity contribution < 1.29 is 27.1 Å². The van der Waals surface area contributed by atoms with E-state index >= 15 is 0 Å². The number of fused-ring (bicyclic) bond motifs is 2. The second-order valence-corrected chi connectivity index (χ2v) is 8.80. The van der Waals surface area contributed by atoms with Gasteiger partial charge in [-0.3, -0.25) is 14.3 Å². The molecule has 1 saturated heterocycles. The van der Waals surface area contributed by atoms with Gasteiger partial charge in [0.15, 0.2) is 11.3 Å². The van der Waals surface area contributed by atoms with E-state index in [-0.39, 0.29) is 37.6 Å². The van der Waals surface area contributed by atoms with Gasteiger partial charge in [0, 0.05) is 37.3 Å². The lowest BCUT2D eigenvalue weighted by molar-refractivity contribution is -0.140. The third kappa shape index (κ3) is 5.25. The van der Waals surface area contributed by atoms with E-state index in [1.54, 1.807) is 23.1 Å². The lowest BCUT2D eigenvalue weighted by Gasteiger charge is -2.33. The Labute approximate surface area is 211 Å². The van der Waals surface area contributed by atoms with Crippen LogP contribution in [0.25, 0.3) is 22.0 Å². The maximum Gasteiger partial charge on any atom is 0.435 e. The normalized spacial score (nSPS) is 14.7. The van der Waals surface area contributed by atoms with Crippen LogP contribution in [0.5, 0.6) is 0 Å². The van der Waals surface area contributed by atoms with Gasteiger partial charge in [-0.2, -0.15) is 28.4 Å². The SMILES string of the molecule is O=C(CCOCCn1nc(C(F)(F)F)c2c(=O)[nH]ncc21)N1CCN(c2nc3ccc(Cl)cc3o2)CC1. The number of anilines is 1. The second kappa shape index (κ2) is 10.0. The molecule has 1 amide bonds. The zero-order chi connectivity index (χ0) is 26.2. The van der Waals surface area contributed by atoms with E-state index in [2.05, 4.69) is 15.2 Å². The van der Waals surface area contributed by atoms with E-state index in [0.29, 0.717) is 48.3 Å². The minimum absolute atomic E-state index is 0.00364. The molecule has 0 radical (unpaired) electrons. The van der Waals surface area contributed by atoms with Crippen LogP contribution in [0, 0.1) is 0 Å². The monoisotopic (exact) mass is 539 g/mol. The van der Waals surface area contributed by atoms with E-state index in [1.807, 2.05) is 10.00 Å². The van der Waals surface area contributed by atoms with Crippen LogP contribution in [0.1, 0.15) is 12.1 Å². The predicted octanol–water partition coefficient (Wildman–Crippen LogP) is 2.69. The number of H-pyrrole nitrogens is 1. The summed E-state index contributed by atoms with van der Waals surface area (Å²) in [6, 6.07) is 5.70. The van der Waals surface area contributed by atoms with Crippen molar-refractivity contribution in [2.45, 2.75) is 19.1 Å². The minimum atomic E-state index is -4.79. The fourth-order valence-electron chi connectivity index (χ4n) is 4.15. The molecule has 1 aromatic carbocycles. The Morgan fingerprint density at radius 1 is 1.19 bits per heavy atom. The van der Waals surface area contributed by atoms with E-state index in [1.165, 1.54) is 0 Å². The highest BCUT2D eigenvalue weighted by Gasteiger charge is 2.38. The average Bonchev–Trinajstić information content (AvgIpc) is 3.46. The van der Waals surface area contributed by atoms with Crippen LogP contribution in [0.2, 0.25) is 5.02 Å². The van der Waals surface area contributed by atoms with Crippen molar-refractivity contribution in [3.63, 3.8) is 0 Å². The molecule has 0 unspecified atom stereocenters. The Bertz CT molecular complexity index is 1490. The zero-order valence-corrected chi connectivity index (χ0v) is 20.1. The Kier molecular flexibility index (Phi) is 6.77. The first-order valence-electron chi connectivity index (χ1n) is 11.4. The minimum Gasteiger partial charge on any atom is -0.423 e. The summed E-state index contributed by atoms with van der Waals surface area (Å²) in [4.78, 5) is 32.6. The van der Waals surface area contributed by atoms with Gasteiger partial charge in [-0.25, -0.2) is 5.10 Å². The summed E-state index contributed by atoms with van der Waals surface area (Å²) < 4.78 is 52.1.